The van der Waals surface area contributed by atoms with Crippen LogP contribution in [0.1, 0.15) is 21.5 Å². The molecule has 0 atom stereocenters. The second kappa shape index (κ2) is 5.00. The van der Waals surface area contributed by atoms with Gasteiger partial charge >= 0.3 is 0 Å². The van der Waals surface area contributed by atoms with Gasteiger partial charge in [0.25, 0.3) is 0 Å². The van der Waals surface area contributed by atoms with E-state index in [9.17, 15) is 4.79 Å². The van der Waals surface area contributed by atoms with Gasteiger partial charge in [0.1, 0.15) is 5.82 Å². The quantitative estimate of drug-likeness (QED) is 0.773. The van der Waals surface area contributed by atoms with Gasteiger partial charge in [-0.1, -0.05) is 23.8 Å². The van der Waals surface area contributed by atoms with Crippen molar-refractivity contribution in [2.45, 2.75) is 6.92 Å². The van der Waals surface area contributed by atoms with Crippen molar-refractivity contribution in [1.29, 1.82) is 0 Å². The second-order valence-corrected chi connectivity index (χ2v) is 4.50. The standard InChI is InChI=1S/C15H16N2O/c1-11-5-4-6-12(9-11)15(18)13-7-8-14(16-10-13)17(2)3/h4-10H,1-3H3. The number of ketones is 1. The Bertz CT molecular complexity index is 559. The molecule has 0 aliphatic rings. The highest BCUT2D eigenvalue weighted by Crippen LogP contribution is 2.13. The van der Waals surface area contributed by atoms with E-state index in [2.05, 4.69) is 4.98 Å². The second-order valence-electron chi connectivity index (χ2n) is 4.50. The van der Waals surface area contributed by atoms with E-state index >= 15 is 0 Å². The highest BCUT2D eigenvalue weighted by Gasteiger charge is 2.09. The Morgan fingerprint density at radius 1 is 1.11 bits per heavy atom. The van der Waals surface area contributed by atoms with Crippen LogP contribution in [0.3, 0.4) is 0 Å². The largest absolute Gasteiger partial charge is 0.363 e. The van der Waals surface area contributed by atoms with Crippen LogP contribution < -0.4 is 4.90 Å². The first-order valence-corrected chi connectivity index (χ1v) is 5.82. The number of carbonyl (C=O) groups is 1. The summed E-state index contributed by atoms with van der Waals surface area (Å²) in [6, 6.07) is 11.3. The summed E-state index contributed by atoms with van der Waals surface area (Å²) in [7, 11) is 3.84. The summed E-state index contributed by atoms with van der Waals surface area (Å²) in [5, 5.41) is 0. The van der Waals surface area contributed by atoms with Gasteiger partial charge in [-0.2, -0.15) is 0 Å². The number of nitrogens with zero attached hydrogens (tertiary/aromatic N) is 2. The first kappa shape index (κ1) is 12.3. The summed E-state index contributed by atoms with van der Waals surface area (Å²) in [6.45, 7) is 1.98. The maximum absolute atomic E-state index is 12.2. The molecule has 92 valence electrons. The molecule has 0 bridgehead atoms. The van der Waals surface area contributed by atoms with Crippen LogP contribution in [0.5, 0.6) is 0 Å². The highest BCUT2D eigenvalue weighted by molar-refractivity contribution is 6.08. The third-order valence-electron chi connectivity index (χ3n) is 2.75. The number of benzene rings is 1. The van der Waals surface area contributed by atoms with Crippen LogP contribution >= 0.6 is 0 Å². The highest BCUT2D eigenvalue weighted by atomic mass is 16.1. The number of aryl methyl sites for hydroxylation is 1. The molecule has 0 unspecified atom stereocenters. The third kappa shape index (κ3) is 2.56. The molecule has 2 rings (SSSR count). The fourth-order valence-electron chi connectivity index (χ4n) is 1.74. The normalized spacial score (nSPS) is 10.2. The minimum atomic E-state index is 0.0107. The van der Waals surface area contributed by atoms with Crippen molar-refractivity contribution in [2.75, 3.05) is 19.0 Å². The summed E-state index contributed by atoms with van der Waals surface area (Å²) < 4.78 is 0. The van der Waals surface area contributed by atoms with Crippen molar-refractivity contribution in [1.82, 2.24) is 4.98 Å². The molecule has 0 N–H and O–H groups in total. The number of carbonyl (C=O) groups excluding carboxylic acids is 1. The molecule has 0 saturated carbocycles. The first-order chi connectivity index (χ1) is 8.58. The van der Waals surface area contributed by atoms with E-state index < -0.39 is 0 Å². The first-order valence-electron chi connectivity index (χ1n) is 5.82. The molecule has 0 radical (unpaired) electrons. The van der Waals surface area contributed by atoms with Crippen LogP contribution in [0.15, 0.2) is 42.6 Å². The minimum absolute atomic E-state index is 0.0107. The van der Waals surface area contributed by atoms with Crippen molar-refractivity contribution in [3.63, 3.8) is 0 Å². The Morgan fingerprint density at radius 2 is 1.89 bits per heavy atom. The lowest BCUT2D eigenvalue weighted by molar-refractivity contribution is 0.103. The Hall–Kier alpha value is -2.16. The van der Waals surface area contributed by atoms with Gasteiger partial charge in [-0.15, -0.1) is 0 Å². The molecule has 1 heterocycles. The maximum Gasteiger partial charge on any atom is 0.194 e. The summed E-state index contributed by atoms with van der Waals surface area (Å²) in [4.78, 5) is 18.4. The molecule has 3 heteroatoms. The smallest absolute Gasteiger partial charge is 0.194 e. The molecule has 0 spiro atoms. The number of aromatic nitrogens is 1. The van der Waals surface area contributed by atoms with Crippen LogP contribution in [0.25, 0.3) is 0 Å². The molecule has 0 aliphatic carbocycles. The molecule has 18 heavy (non-hydrogen) atoms. The number of hydrogen-bond donors (Lipinski definition) is 0. The fourth-order valence-corrected chi connectivity index (χ4v) is 1.74. The van der Waals surface area contributed by atoms with E-state index in [1.165, 1.54) is 0 Å². The van der Waals surface area contributed by atoms with E-state index in [0.29, 0.717) is 11.1 Å². The molecule has 3 nitrogen and oxygen atoms in total. The van der Waals surface area contributed by atoms with Crippen LogP contribution in [0, 0.1) is 6.92 Å². The van der Waals surface area contributed by atoms with Gasteiger partial charge in [0.15, 0.2) is 5.78 Å². The zero-order valence-corrected chi connectivity index (χ0v) is 10.8. The van der Waals surface area contributed by atoms with Crippen molar-refractivity contribution in [3.8, 4) is 0 Å². The predicted octanol–water partition coefficient (Wildman–Crippen LogP) is 2.69. The zero-order valence-electron chi connectivity index (χ0n) is 10.8. The van der Waals surface area contributed by atoms with Crippen LogP contribution in [0.2, 0.25) is 0 Å². The van der Waals surface area contributed by atoms with E-state index in [0.717, 1.165) is 11.4 Å². The van der Waals surface area contributed by atoms with Gasteiger partial charge < -0.3 is 4.90 Å². The predicted molar refractivity (Wildman–Crippen MR) is 73.2 cm³/mol. The SMILES string of the molecule is Cc1cccc(C(=O)c2ccc(N(C)C)nc2)c1. The monoisotopic (exact) mass is 240 g/mol. The molecule has 2 aromatic rings. The lowest BCUT2D eigenvalue weighted by Crippen LogP contribution is -2.11. The van der Waals surface area contributed by atoms with E-state index in [1.54, 1.807) is 6.20 Å². The van der Waals surface area contributed by atoms with Crippen LogP contribution in [0.4, 0.5) is 5.82 Å². The average Bonchev–Trinajstić information content (AvgIpc) is 2.38. The van der Waals surface area contributed by atoms with Gasteiger partial charge in [0.2, 0.25) is 0 Å². The molecule has 1 aromatic heterocycles. The van der Waals surface area contributed by atoms with Crippen molar-refractivity contribution in [3.05, 3.63) is 59.3 Å². The van der Waals surface area contributed by atoms with Gasteiger partial charge in [0.05, 0.1) is 0 Å². The van der Waals surface area contributed by atoms with Crippen molar-refractivity contribution in [2.24, 2.45) is 0 Å². The van der Waals surface area contributed by atoms with Crippen LogP contribution in [-0.2, 0) is 0 Å². The Balaban J connectivity index is 2.29. The molecule has 0 fully saturated rings. The Labute approximate surface area is 107 Å². The molecule has 1 aromatic carbocycles. The number of anilines is 1. The summed E-state index contributed by atoms with van der Waals surface area (Å²) in [5.74, 6) is 0.854. The van der Waals surface area contributed by atoms with E-state index in [-0.39, 0.29) is 5.78 Å². The Kier molecular flexibility index (Phi) is 3.42. The fraction of sp³-hybridized carbons (Fsp3) is 0.200. The lowest BCUT2D eigenvalue weighted by atomic mass is 10.0. The van der Waals surface area contributed by atoms with E-state index in [4.69, 9.17) is 0 Å². The topological polar surface area (TPSA) is 33.2 Å². The number of rotatable bonds is 3. The summed E-state index contributed by atoms with van der Waals surface area (Å²) in [6.07, 6.45) is 1.62. The summed E-state index contributed by atoms with van der Waals surface area (Å²) >= 11 is 0. The molecular formula is C15H16N2O. The molecule has 0 amide bonds. The number of hydrogen-bond acceptors (Lipinski definition) is 3. The van der Waals surface area contributed by atoms with Gasteiger partial charge in [-0.3, -0.25) is 4.79 Å². The molecule has 0 aliphatic heterocycles. The van der Waals surface area contributed by atoms with E-state index in [1.807, 2.05) is 62.3 Å². The Morgan fingerprint density at radius 3 is 2.44 bits per heavy atom. The molecular weight excluding hydrogens is 224 g/mol. The average molecular weight is 240 g/mol. The summed E-state index contributed by atoms with van der Waals surface area (Å²) in [5.41, 5.74) is 2.40. The number of pyridine rings is 1. The molecule has 0 saturated heterocycles. The maximum atomic E-state index is 12.2. The van der Waals surface area contributed by atoms with Gasteiger partial charge in [-0.25, -0.2) is 4.98 Å². The zero-order chi connectivity index (χ0) is 13.1. The van der Waals surface area contributed by atoms with Crippen molar-refractivity contribution < 1.29 is 4.79 Å². The van der Waals surface area contributed by atoms with Crippen molar-refractivity contribution >= 4 is 11.6 Å². The minimum Gasteiger partial charge on any atom is -0.363 e. The lowest BCUT2D eigenvalue weighted by Gasteiger charge is -2.11. The van der Waals surface area contributed by atoms with Crippen LogP contribution in [-0.4, -0.2) is 24.9 Å². The van der Waals surface area contributed by atoms with Gasteiger partial charge in [0, 0.05) is 31.4 Å². The van der Waals surface area contributed by atoms with Gasteiger partial charge in [-0.05, 0) is 25.1 Å². The third-order valence-corrected chi connectivity index (χ3v) is 2.75.